The Morgan fingerprint density at radius 2 is 2.11 bits per heavy atom. The van der Waals surface area contributed by atoms with Crippen LogP contribution in [-0.2, 0) is 9.53 Å². The first-order valence-electron chi connectivity index (χ1n) is 6.39. The van der Waals surface area contributed by atoms with Gasteiger partial charge in [0.15, 0.2) is 11.5 Å². The lowest BCUT2D eigenvalue weighted by atomic mass is 10.2. The van der Waals surface area contributed by atoms with Gasteiger partial charge in [-0.2, -0.15) is 0 Å². The molecule has 4 nitrogen and oxygen atoms in total. The summed E-state index contributed by atoms with van der Waals surface area (Å²) in [7, 11) is 0. The summed E-state index contributed by atoms with van der Waals surface area (Å²) in [5.41, 5.74) is 0. The molecule has 0 bridgehead atoms. The fourth-order valence-corrected chi connectivity index (χ4v) is 2.62. The number of fused-ring (bicyclic) bond motifs is 1. The monoisotopic (exact) mass is 282 g/mol. The van der Waals surface area contributed by atoms with Gasteiger partial charge in [0.1, 0.15) is 13.2 Å². The molecular weight excluding hydrogens is 264 g/mol. The maximum Gasteiger partial charge on any atom is 0.309 e. The topological polar surface area (TPSA) is 44.8 Å². The van der Waals surface area contributed by atoms with Gasteiger partial charge in [-0.05, 0) is 25.1 Å². The third-order valence-electron chi connectivity index (χ3n) is 2.70. The molecule has 0 N–H and O–H groups in total. The Kier molecular flexibility index (Phi) is 4.96. The largest absolute Gasteiger partial charge is 0.486 e. The number of esters is 1. The summed E-state index contributed by atoms with van der Waals surface area (Å²) in [5, 5.41) is 0. The van der Waals surface area contributed by atoms with Crippen molar-refractivity contribution in [1.82, 2.24) is 0 Å². The van der Waals surface area contributed by atoms with E-state index >= 15 is 0 Å². The van der Waals surface area contributed by atoms with Crippen LogP contribution in [0.25, 0.3) is 0 Å². The lowest BCUT2D eigenvalue weighted by Crippen LogP contribution is -2.17. The molecule has 19 heavy (non-hydrogen) atoms. The Bertz CT molecular complexity index is 447. The zero-order chi connectivity index (χ0) is 13.7. The van der Waals surface area contributed by atoms with Gasteiger partial charge in [-0.1, -0.05) is 6.92 Å². The van der Waals surface area contributed by atoms with Crippen molar-refractivity contribution in [3.8, 4) is 11.5 Å². The minimum atomic E-state index is -0.146. The van der Waals surface area contributed by atoms with Gasteiger partial charge in [0.05, 0.1) is 12.5 Å². The van der Waals surface area contributed by atoms with Crippen LogP contribution in [0.5, 0.6) is 11.5 Å². The molecule has 1 atom stereocenters. The average Bonchev–Trinajstić information content (AvgIpc) is 2.44. The van der Waals surface area contributed by atoms with Crippen molar-refractivity contribution in [2.45, 2.75) is 18.7 Å². The second-order valence-electron chi connectivity index (χ2n) is 4.27. The van der Waals surface area contributed by atoms with Gasteiger partial charge in [-0.25, -0.2) is 0 Å². The Morgan fingerprint density at radius 1 is 1.37 bits per heavy atom. The molecule has 1 aliphatic heterocycles. The molecular formula is C14H18O4S. The van der Waals surface area contributed by atoms with Crippen LogP contribution in [-0.4, -0.2) is 31.5 Å². The highest BCUT2D eigenvalue weighted by Gasteiger charge is 2.16. The van der Waals surface area contributed by atoms with E-state index in [1.807, 2.05) is 32.0 Å². The molecule has 0 saturated heterocycles. The summed E-state index contributed by atoms with van der Waals surface area (Å²) in [4.78, 5) is 12.6. The Balaban J connectivity index is 1.91. The van der Waals surface area contributed by atoms with Crippen molar-refractivity contribution >= 4 is 17.7 Å². The molecule has 5 heteroatoms. The van der Waals surface area contributed by atoms with Gasteiger partial charge in [0, 0.05) is 10.6 Å². The zero-order valence-electron chi connectivity index (χ0n) is 11.2. The summed E-state index contributed by atoms with van der Waals surface area (Å²) in [6.07, 6.45) is 0. The first kappa shape index (κ1) is 14.1. The van der Waals surface area contributed by atoms with Crippen LogP contribution in [0.15, 0.2) is 23.1 Å². The molecule has 0 saturated carbocycles. The molecule has 1 aliphatic rings. The number of carbonyl (C=O) groups is 1. The van der Waals surface area contributed by atoms with Gasteiger partial charge in [0.25, 0.3) is 0 Å². The van der Waals surface area contributed by atoms with Crippen LogP contribution in [0.3, 0.4) is 0 Å². The molecule has 0 spiro atoms. The molecule has 2 rings (SSSR count). The maximum absolute atomic E-state index is 11.5. The van der Waals surface area contributed by atoms with E-state index in [-0.39, 0.29) is 11.9 Å². The van der Waals surface area contributed by atoms with Gasteiger partial charge in [0.2, 0.25) is 0 Å². The summed E-state index contributed by atoms with van der Waals surface area (Å²) in [6.45, 7) is 5.30. The van der Waals surface area contributed by atoms with Crippen LogP contribution in [0.1, 0.15) is 13.8 Å². The van der Waals surface area contributed by atoms with Crippen LogP contribution in [0.4, 0.5) is 0 Å². The number of thioether (sulfide) groups is 1. The summed E-state index contributed by atoms with van der Waals surface area (Å²) in [6, 6.07) is 5.85. The molecule has 1 aromatic rings. The van der Waals surface area contributed by atoms with Crippen LogP contribution in [0.2, 0.25) is 0 Å². The Hall–Kier alpha value is -1.36. The lowest BCUT2D eigenvalue weighted by Gasteiger charge is -2.19. The number of rotatable bonds is 5. The Labute approximate surface area is 117 Å². The smallest absolute Gasteiger partial charge is 0.309 e. The van der Waals surface area contributed by atoms with Crippen LogP contribution in [0, 0.1) is 5.92 Å². The highest BCUT2D eigenvalue weighted by atomic mass is 32.2. The van der Waals surface area contributed by atoms with Crippen LogP contribution >= 0.6 is 11.8 Å². The SMILES string of the molecule is CCOC(=O)C(C)CSc1ccc2c(c1)OCCO2. The minimum absolute atomic E-state index is 0.113. The first-order valence-corrected chi connectivity index (χ1v) is 7.38. The molecule has 0 fully saturated rings. The van der Waals surface area contributed by atoms with E-state index in [1.165, 1.54) is 0 Å². The number of benzene rings is 1. The van der Waals surface area contributed by atoms with Gasteiger partial charge >= 0.3 is 5.97 Å². The highest BCUT2D eigenvalue weighted by Crippen LogP contribution is 2.34. The molecule has 104 valence electrons. The van der Waals surface area contributed by atoms with Gasteiger partial charge in [-0.3, -0.25) is 4.79 Å². The van der Waals surface area contributed by atoms with Crippen molar-refractivity contribution in [3.05, 3.63) is 18.2 Å². The van der Waals surface area contributed by atoms with Crippen molar-refractivity contribution in [3.63, 3.8) is 0 Å². The number of ether oxygens (including phenoxy) is 3. The highest BCUT2D eigenvalue weighted by molar-refractivity contribution is 7.99. The normalized spacial score (nSPS) is 14.8. The number of carbonyl (C=O) groups excluding carboxylic acids is 1. The molecule has 1 heterocycles. The van der Waals surface area contributed by atoms with Crippen molar-refractivity contribution in [2.24, 2.45) is 5.92 Å². The zero-order valence-corrected chi connectivity index (χ0v) is 12.0. The number of hydrogen-bond donors (Lipinski definition) is 0. The fourth-order valence-electron chi connectivity index (χ4n) is 1.69. The number of hydrogen-bond acceptors (Lipinski definition) is 5. The van der Waals surface area contributed by atoms with E-state index in [4.69, 9.17) is 14.2 Å². The fraction of sp³-hybridized carbons (Fsp3) is 0.500. The first-order chi connectivity index (χ1) is 9.20. The molecule has 0 aliphatic carbocycles. The summed E-state index contributed by atoms with van der Waals surface area (Å²) in [5.74, 6) is 2.00. The molecule has 1 unspecified atom stereocenters. The van der Waals surface area contributed by atoms with E-state index in [0.29, 0.717) is 25.6 Å². The molecule has 0 radical (unpaired) electrons. The van der Waals surface area contributed by atoms with Crippen molar-refractivity contribution in [2.75, 3.05) is 25.6 Å². The third-order valence-corrected chi connectivity index (χ3v) is 3.96. The Morgan fingerprint density at radius 3 is 2.84 bits per heavy atom. The predicted octanol–water partition coefficient (Wildman–Crippen LogP) is 2.75. The van der Waals surface area contributed by atoms with Gasteiger partial charge < -0.3 is 14.2 Å². The lowest BCUT2D eigenvalue weighted by molar-refractivity contribution is -0.146. The van der Waals surface area contributed by atoms with E-state index in [9.17, 15) is 4.79 Å². The van der Waals surface area contributed by atoms with E-state index in [1.54, 1.807) is 11.8 Å². The molecule has 0 amide bonds. The quantitative estimate of drug-likeness (QED) is 0.614. The predicted molar refractivity (Wildman–Crippen MR) is 74.0 cm³/mol. The van der Waals surface area contributed by atoms with E-state index in [2.05, 4.69) is 0 Å². The summed E-state index contributed by atoms with van der Waals surface area (Å²) >= 11 is 1.62. The van der Waals surface area contributed by atoms with Gasteiger partial charge in [-0.15, -0.1) is 11.8 Å². The standard InChI is InChI=1S/C14H18O4S/c1-3-16-14(15)10(2)9-19-11-4-5-12-13(8-11)18-7-6-17-12/h4-5,8,10H,3,6-7,9H2,1-2H3. The molecule has 1 aromatic carbocycles. The second-order valence-corrected chi connectivity index (χ2v) is 5.36. The molecule has 0 aromatic heterocycles. The minimum Gasteiger partial charge on any atom is -0.486 e. The van der Waals surface area contributed by atoms with Crippen molar-refractivity contribution in [1.29, 1.82) is 0 Å². The van der Waals surface area contributed by atoms with E-state index in [0.717, 1.165) is 16.4 Å². The van der Waals surface area contributed by atoms with Crippen molar-refractivity contribution < 1.29 is 19.0 Å². The third kappa shape index (κ3) is 3.80. The summed E-state index contributed by atoms with van der Waals surface area (Å²) < 4.78 is 16.0. The van der Waals surface area contributed by atoms with Crippen LogP contribution < -0.4 is 9.47 Å². The maximum atomic E-state index is 11.5. The van der Waals surface area contributed by atoms with E-state index < -0.39 is 0 Å². The average molecular weight is 282 g/mol. The second kappa shape index (κ2) is 6.70.